The molecule has 0 fully saturated rings. The molecular weight excluding hydrogens is 266 g/mol. The fraction of sp³-hybridized carbons (Fsp3) is 0.0952. The van der Waals surface area contributed by atoms with Crippen LogP contribution in [0.3, 0.4) is 0 Å². The van der Waals surface area contributed by atoms with E-state index < -0.39 is 0 Å². The zero-order chi connectivity index (χ0) is 14.0. The maximum absolute atomic E-state index is 4.73. The van der Waals surface area contributed by atoms with Crippen molar-refractivity contribution in [2.45, 2.75) is 12.8 Å². The molecule has 1 aromatic heterocycles. The molecule has 0 unspecified atom stereocenters. The minimum atomic E-state index is 1.08. The second kappa shape index (κ2) is 2.93. The van der Waals surface area contributed by atoms with Gasteiger partial charge < -0.3 is 0 Å². The Morgan fingerprint density at radius 2 is 1.09 bits per heavy atom. The number of hydrogen-bond acceptors (Lipinski definition) is 1. The van der Waals surface area contributed by atoms with Gasteiger partial charge in [0.25, 0.3) is 0 Å². The molecular formula is C21H11N. The quantitative estimate of drug-likeness (QED) is 0.282. The van der Waals surface area contributed by atoms with Gasteiger partial charge in [0.15, 0.2) is 0 Å². The first-order chi connectivity index (χ1) is 10.9. The van der Waals surface area contributed by atoms with Crippen LogP contribution in [-0.4, -0.2) is 4.98 Å². The summed E-state index contributed by atoms with van der Waals surface area (Å²) in [6, 6.07) is 13.8. The zero-order valence-corrected chi connectivity index (χ0v) is 11.9. The number of aromatic nitrogens is 1. The maximum Gasteiger partial charge on any atom is 0.0715 e. The van der Waals surface area contributed by atoms with Gasteiger partial charge in [-0.3, -0.25) is 4.98 Å². The van der Waals surface area contributed by atoms with Crippen molar-refractivity contribution in [3.63, 3.8) is 0 Å². The van der Waals surface area contributed by atoms with Crippen molar-refractivity contribution < 1.29 is 0 Å². The lowest BCUT2D eigenvalue weighted by molar-refractivity contribution is 1.24. The molecule has 0 aliphatic heterocycles. The van der Waals surface area contributed by atoms with Gasteiger partial charge in [0.2, 0.25) is 0 Å². The second-order valence-electron chi connectivity index (χ2n) is 6.80. The summed E-state index contributed by atoms with van der Waals surface area (Å²) in [5.74, 6) is 0. The third-order valence-corrected chi connectivity index (χ3v) is 5.83. The molecule has 0 radical (unpaired) electrons. The number of nitrogens with zero attached hydrogens (tertiary/aromatic N) is 1. The van der Waals surface area contributed by atoms with Crippen molar-refractivity contribution in [1.29, 1.82) is 0 Å². The van der Waals surface area contributed by atoms with Crippen LogP contribution in [0, 0.1) is 0 Å². The molecule has 2 aliphatic rings. The van der Waals surface area contributed by atoms with E-state index in [1.165, 1.54) is 60.0 Å². The lowest BCUT2D eigenvalue weighted by atomic mass is 9.92. The molecule has 0 amide bonds. The van der Waals surface area contributed by atoms with Crippen LogP contribution in [0.4, 0.5) is 0 Å². The van der Waals surface area contributed by atoms with E-state index in [4.69, 9.17) is 4.98 Å². The van der Waals surface area contributed by atoms with Crippen molar-refractivity contribution in [3.05, 3.63) is 64.8 Å². The molecule has 0 saturated carbocycles. The highest BCUT2D eigenvalue weighted by Gasteiger charge is 2.28. The molecule has 2 aliphatic carbocycles. The Labute approximate surface area is 126 Å². The molecule has 5 aromatic rings. The smallest absolute Gasteiger partial charge is 0.0715 e. The van der Waals surface area contributed by atoms with E-state index in [-0.39, 0.29) is 0 Å². The van der Waals surface area contributed by atoms with Crippen LogP contribution in [-0.2, 0) is 12.8 Å². The van der Waals surface area contributed by atoms with Crippen LogP contribution in [0.5, 0.6) is 0 Å². The van der Waals surface area contributed by atoms with Crippen LogP contribution >= 0.6 is 0 Å². The van der Waals surface area contributed by atoms with Gasteiger partial charge in [-0.05, 0) is 62.7 Å². The summed E-state index contributed by atoms with van der Waals surface area (Å²) in [6.07, 6.45) is 4.21. The fourth-order valence-electron chi connectivity index (χ4n) is 5.00. The summed E-state index contributed by atoms with van der Waals surface area (Å²) in [5, 5.41) is 10.2. The highest BCUT2D eigenvalue weighted by Crippen LogP contribution is 2.50. The normalized spacial score (nSPS) is 14.9. The van der Waals surface area contributed by atoms with Crippen molar-refractivity contribution >= 4 is 43.2 Å². The van der Waals surface area contributed by atoms with Crippen LogP contribution in [0.25, 0.3) is 43.2 Å². The van der Waals surface area contributed by atoms with E-state index in [1.807, 2.05) is 6.20 Å². The van der Waals surface area contributed by atoms with Crippen molar-refractivity contribution in [2.75, 3.05) is 0 Å². The average molecular weight is 277 g/mol. The Bertz CT molecular complexity index is 1210. The van der Waals surface area contributed by atoms with Gasteiger partial charge in [-0.25, -0.2) is 0 Å². The largest absolute Gasteiger partial charge is 0.256 e. The van der Waals surface area contributed by atoms with E-state index in [0.29, 0.717) is 0 Å². The molecule has 4 aromatic carbocycles. The van der Waals surface area contributed by atoms with Gasteiger partial charge in [-0.15, -0.1) is 0 Å². The Balaban J connectivity index is 2.07. The Morgan fingerprint density at radius 1 is 0.545 bits per heavy atom. The monoisotopic (exact) mass is 277 g/mol. The second-order valence-corrected chi connectivity index (χ2v) is 6.80. The van der Waals surface area contributed by atoms with Crippen molar-refractivity contribution in [1.82, 2.24) is 4.98 Å². The predicted octanol–water partition coefficient (Wildman–Crippen LogP) is 4.94. The zero-order valence-electron chi connectivity index (χ0n) is 11.9. The molecule has 100 valence electrons. The molecule has 22 heavy (non-hydrogen) atoms. The number of pyridine rings is 1. The fourth-order valence-corrected chi connectivity index (χ4v) is 5.00. The van der Waals surface area contributed by atoms with E-state index in [2.05, 4.69) is 36.4 Å². The molecule has 0 atom stereocenters. The topological polar surface area (TPSA) is 12.9 Å². The van der Waals surface area contributed by atoms with E-state index in [9.17, 15) is 0 Å². The Morgan fingerprint density at radius 3 is 1.82 bits per heavy atom. The molecule has 0 spiro atoms. The molecule has 1 heteroatoms. The number of hydrogen-bond donors (Lipinski definition) is 0. The molecule has 0 N–H and O–H groups in total. The Hall–Kier alpha value is -2.67. The first-order valence-corrected chi connectivity index (χ1v) is 7.92. The summed E-state index contributed by atoms with van der Waals surface area (Å²) < 4.78 is 0. The minimum absolute atomic E-state index is 1.08. The minimum Gasteiger partial charge on any atom is -0.256 e. The van der Waals surface area contributed by atoms with Gasteiger partial charge in [0, 0.05) is 22.4 Å². The van der Waals surface area contributed by atoms with Crippen molar-refractivity contribution in [2.24, 2.45) is 0 Å². The lowest BCUT2D eigenvalue weighted by Gasteiger charge is -2.13. The van der Waals surface area contributed by atoms with Gasteiger partial charge in [-0.1, -0.05) is 30.3 Å². The Kier molecular flexibility index (Phi) is 1.35. The standard InChI is InChI=1S/C21H11N/c1-2-11-8-13-5-6-15-21-19(13)17(11)16-10(1)7-12-3-4-14(9-22-15)20(21)18(12)16/h1-6,9H,7-8H2. The van der Waals surface area contributed by atoms with E-state index in [1.54, 1.807) is 0 Å². The summed E-state index contributed by atoms with van der Waals surface area (Å²) in [7, 11) is 0. The molecule has 1 nitrogen and oxygen atoms in total. The number of rotatable bonds is 0. The van der Waals surface area contributed by atoms with Crippen LogP contribution < -0.4 is 0 Å². The number of benzene rings is 4. The van der Waals surface area contributed by atoms with E-state index >= 15 is 0 Å². The summed E-state index contributed by atoms with van der Waals surface area (Å²) in [6.45, 7) is 0. The first kappa shape index (κ1) is 10.1. The molecule has 0 saturated heterocycles. The summed E-state index contributed by atoms with van der Waals surface area (Å²) >= 11 is 0. The highest BCUT2D eigenvalue weighted by molar-refractivity contribution is 6.37. The third kappa shape index (κ3) is 0.859. The third-order valence-electron chi connectivity index (χ3n) is 5.83. The van der Waals surface area contributed by atoms with Crippen molar-refractivity contribution in [3.8, 4) is 0 Å². The predicted molar refractivity (Wildman–Crippen MR) is 91.1 cm³/mol. The summed E-state index contributed by atoms with van der Waals surface area (Å²) in [4.78, 5) is 4.73. The van der Waals surface area contributed by atoms with E-state index in [0.717, 1.165) is 18.4 Å². The van der Waals surface area contributed by atoms with Crippen LogP contribution in [0.2, 0.25) is 0 Å². The van der Waals surface area contributed by atoms with Gasteiger partial charge in [-0.2, -0.15) is 0 Å². The maximum atomic E-state index is 4.73. The van der Waals surface area contributed by atoms with Gasteiger partial charge in [0.1, 0.15) is 0 Å². The van der Waals surface area contributed by atoms with Crippen LogP contribution in [0.1, 0.15) is 22.3 Å². The highest BCUT2D eigenvalue weighted by atomic mass is 14.7. The van der Waals surface area contributed by atoms with Gasteiger partial charge >= 0.3 is 0 Å². The first-order valence-electron chi connectivity index (χ1n) is 7.92. The van der Waals surface area contributed by atoms with Crippen LogP contribution in [0.15, 0.2) is 42.6 Å². The lowest BCUT2D eigenvalue weighted by Crippen LogP contribution is -1.89. The summed E-state index contributed by atoms with van der Waals surface area (Å²) in [5.41, 5.74) is 7.13. The molecule has 0 bridgehead atoms. The van der Waals surface area contributed by atoms with Gasteiger partial charge in [0.05, 0.1) is 5.52 Å². The molecule has 1 heterocycles. The SMILES string of the molecule is c1cc2c3c4c1Cc1ccc5cnc6ccc(c3c6c5c14)C2. The average Bonchev–Trinajstić information content (AvgIpc) is 3.11. The molecule has 7 rings (SSSR count).